The van der Waals surface area contributed by atoms with Crippen molar-refractivity contribution >= 4 is 11.0 Å². The van der Waals surface area contributed by atoms with Crippen LogP contribution >= 0.6 is 0 Å². The average Bonchev–Trinajstić information content (AvgIpc) is 2.57. The molecule has 0 bridgehead atoms. The topological polar surface area (TPSA) is 38.0 Å². The van der Waals surface area contributed by atoms with Gasteiger partial charge >= 0.3 is 0 Å². The molecule has 0 fully saturated rings. The van der Waals surface area contributed by atoms with Crippen LogP contribution in [0.3, 0.4) is 0 Å². The fourth-order valence-electron chi connectivity index (χ4n) is 2.82. The maximum atomic E-state index is 9.97. The van der Waals surface area contributed by atoms with E-state index in [9.17, 15) is 5.11 Å². The molecule has 0 radical (unpaired) electrons. The number of nitrogens with zero attached hydrogens (tertiary/aromatic N) is 2. The van der Waals surface area contributed by atoms with Crippen LogP contribution in [0.4, 0.5) is 0 Å². The van der Waals surface area contributed by atoms with E-state index in [2.05, 4.69) is 29.5 Å². The third-order valence-corrected chi connectivity index (χ3v) is 3.04. The third-order valence-electron chi connectivity index (χ3n) is 3.04. The van der Waals surface area contributed by atoms with E-state index in [0.29, 0.717) is 0 Å². The molecule has 3 heteroatoms. The van der Waals surface area contributed by atoms with Crippen molar-refractivity contribution in [1.82, 2.24) is 9.55 Å². The predicted octanol–water partition coefficient (Wildman–Crippen LogP) is 3.22. The van der Waals surface area contributed by atoms with Crippen LogP contribution in [-0.4, -0.2) is 20.3 Å². The van der Waals surface area contributed by atoms with Gasteiger partial charge in [0.15, 0.2) is 0 Å². The van der Waals surface area contributed by atoms with Crippen molar-refractivity contribution in [2.75, 3.05) is 0 Å². The molecule has 0 amide bonds. The van der Waals surface area contributed by atoms with Crippen molar-refractivity contribution in [2.24, 2.45) is 5.41 Å². The minimum absolute atomic E-state index is 0.0295. The van der Waals surface area contributed by atoms with E-state index >= 15 is 0 Å². The Labute approximate surface area is 108 Å². The molecule has 1 heterocycles. The largest absolute Gasteiger partial charge is 0.390 e. The first-order chi connectivity index (χ1) is 8.27. The summed E-state index contributed by atoms with van der Waals surface area (Å²) in [5.41, 5.74) is 1.57. The first-order valence-electron chi connectivity index (χ1n) is 6.39. The standard InChI is InChI=1S/C15H22N2O/c1-14(2,9-15(3,4)18)10-17-11-16-12-7-5-6-8-13(12)17/h5-8,11,18H,9-10H2,1-4H3. The van der Waals surface area contributed by atoms with Gasteiger partial charge < -0.3 is 9.67 Å². The second-order valence-corrected chi connectivity index (χ2v) is 6.51. The van der Waals surface area contributed by atoms with Crippen LogP contribution in [0.15, 0.2) is 30.6 Å². The van der Waals surface area contributed by atoms with Crippen LogP contribution in [0.25, 0.3) is 11.0 Å². The summed E-state index contributed by atoms with van der Waals surface area (Å²) in [6.45, 7) is 8.94. The molecule has 18 heavy (non-hydrogen) atoms. The summed E-state index contributed by atoms with van der Waals surface area (Å²) in [6, 6.07) is 8.14. The summed E-state index contributed by atoms with van der Waals surface area (Å²) in [6.07, 6.45) is 2.64. The van der Waals surface area contributed by atoms with Crippen LogP contribution in [0, 0.1) is 5.41 Å². The molecule has 1 aromatic carbocycles. The Kier molecular flexibility index (Phi) is 3.20. The monoisotopic (exact) mass is 246 g/mol. The lowest BCUT2D eigenvalue weighted by atomic mass is 9.81. The quantitative estimate of drug-likeness (QED) is 0.899. The number of fused-ring (bicyclic) bond motifs is 1. The molecule has 1 N–H and O–H groups in total. The molecule has 2 aromatic rings. The summed E-state index contributed by atoms with van der Waals surface area (Å²) in [7, 11) is 0. The molecule has 0 atom stereocenters. The van der Waals surface area contributed by atoms with Gasteiger partial charge in [0.1, 0.15) is 0 Å². The first kappa shape index (κ1) is 13.1. The highest BCUT2D eigenvalue weighted by Gasteiger charge is 2.27. The van der Waals surface area contributed by atoms with E-state index in [-0.39, 0.29) is 5.41 Å². The normalized spacial score (nSPS) is 13.2. The maximum Gasteiger partial charge on any atom is 0.0958 e. The smallest absolute Gasteiger partial charge is 0.0958 e. The summed E-state index contributed by atoms with van der Waals surface area (Å²) in [5.74, 6) is 0. The van der Waals surface area contributed by atoms with E-state index in [0.717, 1.165) is 24.0 Å². The molecule has 0 aliphatic heterocycles. The van der Waals surface area contributed by atoms with Crippen LogP contribution < -0.4 is 0 Å². The van der Waals surface area contributed by atoms with E-state index < -0.39 is 5.60 Å². The van der Waals surface area contributed by atoms with Gasteiger partial charge in [-0.1, -0.05) is 26.0 Å². The van der Waals surface area contributed by atoms with Crippen LogP contribution in [0.1, 0.15) is 34.1 Å². The summed E-state index contributed by atoms with van der Waals surface area (Å²) < 4.78 is 2.17. The zero-order valence-electron chi connectivity index (χ0n) is 11.6. The van der Waals surface area contributed by atoms with Gasteiger partial charge in [0.05, 0.1) is 23.0 Å². The Balaban J connectivity index is 2.23. The highest BCUT2D eigenvalue weighted by Crippen LogP contribution is 2.30. The number of hydrogen-bond acceptors (Lipinski definition) is 2. The van der Waals surface area contributed by atoms with Gasteiger partial charge in [0, 0.05) is 6.54 Å². The Morgan fingerprint density at radius 2 is 1.83 bits per heavy atom. The molecule has 1 aromatic heterocycles. The Morgan fingerprint density at radius 3 is 2.50 bits per heavy atom. The fraction of sp³-hybridized carbons (Fsp3) is 0.533. The van der Waals surface area contributed by atoms with Gasteiger partial charge in [-0.25, -0.2) is 4.98 Å². The molecule has 3 nitrogen and oxygen atoms in total. The number of aliphatic hydroxyl groups is 1. The molecule has 0 saturated heterocycles. The number of hydrogen-bond donors (Lipinski definition) is 1. The zero-order valence-corrected chi connectivity index (χ0v) is 11.6. The zero-order chi connectivity index (χ0) is 13.4. The molecule has 0 saturated carbocycles. The van der Waals surface area contributed by atoms with Crippen molar-refractivity contribution in [3.63, 3.8) is 0 Å². The minimum Gasteiger partial charge on any atom is -0.390 e. The van der Waals surface area contributed by atoms with Crippen molar-refractivity contribution in [3.05, 3.63) is 30.6 Å². The lowest BCUT2D eigenvalue weighted by Crippen LogP contribution is -2.31. The summed E-state index contributed by atoms with van der Waals surface area (Å²) in [4.78, 5) is 4.40. The average molecular weight is 246 g/mol. The van der Waals surface area contributed by atoms with Gasteiger partial charge in [-0.3, -0.25) is 0 Å². The maximum absolute atomic E-state index is 9.97. The summed E-state index contributed by atoms with van der Waals surface area (Å²) >= 11 is 0. The number of para-hydroxylation sites is 2. The number of aromatic nitrogens is 2. The van der Waals surface area contributed by atoms with Crippen molar-refractivity contribution in [3.8, 4) is 0 Å². The van der Waals surface area contributed by atoms with Crippen molar-refractivity contribution in [1.29, 1.82) is 0 Å². The van der Waals surface area contributed by atoms with Gasteiger partial charge in [0.25, 0.3) is 0 Å². The molecule has 2 rings (SSSR count). The Hall–Kier alpha value is -1.35. The molecular weight excluding hydrogens is 224 g/mol. The van der Waals surface area contributed by atoms with E-state index in [1.165, 1.54) is 0 Å². The second kappa shape index (κ2) is 4.39. The molecule has 0 unspecified atom stereocenters. The predicted molar refractivity (Wildman–Crippen MR) is 74.4 cm³/mol. The lowest BCUT2D eigenvalue weighted by molar-refractivity contribution is 0.0270. The lowest BCUT2D eigenvalue weighted by Gasteiger charge is -2.31. The molecule has 0 aliphatic carbocycles. The van der Waals surface area contributed by atoms with Crippen molar-refractivity contribution < 1.29 is 5.11 Å². The second-order valence-electron chi connectivity index (χ2n) is 6.51. The highest BCUT2D eigenvalue weighted by atomic mass is 16.3. The fourth-order valence-corrected chi connectivity index (χ4v) is 2.82. The third kappa shape index (κ3) is 3.10. The van der Waals surface area contributed by atoms with Gasteiger partial charge in [-0.15, -0.1) is 0 Å². The molecule has 98 valence electrons. The first-order valence-corrected chi connectivity index (χ1v) is 6.39. The molecule has 0 aliphatic rings. The Morgan fingerprint density at radius 1 is 1.17 bits per heavy atom. The van der Waals surface area contributed by atoms with E-state index in [1.807, 2.05) is 38.4 Å². The number of rotatable bonds is 4. The number of benzene rings is 1. The van der Waals surface area contributed by atoms with Crippen LogP contribution in [-0.2, 0) is 6.54 Å². The Bertz CT molecular complexity index is 535. The van der Waals surface area contributed by atoms with Crippen molar-refractivity contribution in [2.45, 2.75) is 46.3 Å². The van der Waals surface area contributed by atoms with Crippen LogP contribution in [0.5, 0.6) is 0 Å². The van der Waals surface area contributed by atoms with E-state index in [4.69, 9.17) is 0 Å². The SMILES string of the molecule is CC(C)(O)CC(C)(C)Cn1cnc2ccccc21. The van der Waals surface area contributed by atoms with Gasteiger partial charge in [-0.2, -0.15) is 0 Å². The summed E-state index contributed by atoms with van der Waals surface area (Å²) in [5, 5.41) is 9.97. The van der Waals surface area contributed by atoms with Crippen LogP contribution in [0.2, 0.25) is 0 Å². The van der Waals surface area contributed by atoms with E-state index in [1.54, 1.807) is 0 Å². The highest BCUT2D eigenvalue weighted by molar-refractivity contribution is 5.74. The minimum atomic E-state index is -0.639. The molecular formula is C15H22N2O. The van der Waals surface area contributed by atoms with Gasteiger partial charge in [0.2, 0.25) is 0 Å². The number of imidazole rings is 1. The molecule has 0 spiro atoms. The van der Waals surface area contributed by atoms with Gasteiger partial charge in [-0.05, 0) is 37.8 Å².